The molecule has 0 bridgehead atoms. The first-order valence-electron chi connectivity index (χ1n) is 9.80. The molecule has 2 aromatic rings. The summed E-state index contributed by atoms with van der Waals surface area (Å²) in [4.78, 5) is 27.3. The number of benzene rings is 2. The molecule has 1 fully saturated rings. The molecule has 2 heterocycles. The molecule has 6 nitrogen and oxygen atoms in total. The van der Waals surface area contributed by atoms with Gasteiger partial charge in [0.2, 0.25) is 5.96 Å². The number of rotatable bonds is 2. The SMILES string of the molecule is CN(C)C1=NC2=C(c3ccccc3N3CCOCC3)C(=O)c3ccccc3C2=N1. The molecule has 5 rings (SSSR count). The number of ether oxygens (including phenoxy) is 1. The fourth-order valence-electron chi connectivity index (χ4n) is 4.04. The summed E-state index contributed by atoms with van der Waals surface area (Å²) in [6.07, 6.45) is 0. The van der Waals surface area contributed by atoms with Gasteiger partial charge in [0.1, 0.15) is 11.4 Å². The predicted octanol–water partition coefficient (Wildman–Crippen LogP) is 2.85. The van der Waals surface area contributed by atoms with Crippen LogP contribution in [0.25, 0.3) is 5.57 Å². The fraction of sp³-hybridized carbons (Fsp3) is 0.261. The molecule has 0 unspecified atom stereocenters. The minimum atomic E-state index is -0.000912. The van der Waals surface area contributed by atoms with Crippen molar-refractivity contribution in [2.75, 3.05) is 45.3 Å². The van der Waals surface area contributed by atoms with Crippen LogP contribution in [-0.2, 0) is 4.74 Å². The molecule has 0 spiro atoms. The van der Waals surface area contributed by atoms with Crippen molar-refractivity contribution in [1.82, 2.24) is 4.90 Å². The van der Waals surface area contributed by atoms with Gasteiger partial charge < -0.3 is 14.5 Å². The molecule has 0 aromatic heterocycles. The number of para-hydroxylation sites is 1. The highest BCUT2D eigenvalue weighted by Crippen LogP contribution is 2.39. The highest BCUT2D eigenvalue weighted by atomic mass is 16.5. The third-order valence-corrected chi connectivity index (χ3v) is 5.46. The maximum atomic E-state index is 13.6. The van der Waals surface area contributed by atoms with Gasteiger partial charge in [-0.3, -0.25) is 4.79 Å². The van der Waals surface area contributed by atoms with E-state index < -0.39 is 0 Å². The highest BCUT2D eigenvalue weighted by molar-refractivity contribution is 6.43. The van der Waals surface area contributed by atoms with E-state index in [-0.39, 0.29) is 5.78 Å². The lowest BCUT2D eigenvalue weighted by Crippen LogP contribution is -2.37. The molecule has 6 heteroatoms. The Morgan fingerprint density at radius 3 is 2.28 bits per heavy atom. The van der Waals surface area contributed by atoms with Crippen LogP contribution in [0, 0.1) is 0 Å². The monoisotopic (exact) mass is 386 g/mol. The fourth-order valence-corrected chi connectivity index (χ4v) is 4.04. The molecular formula is C23H22N4O2. The quantitative estimate of drug-likeness (QED) is 0.796. The number of carbonyl (C=O) groups is 1. The summed E-state index contributed by atoms with van der Waals surface area (Å²) in [6, 6.07) is 15.7. The summed E-state index contributed by atoms with van der Waals surface area (Å²) < 4.78 is 5.52. The van der Waals surface area contributed by atoms with Crippen LogP contribution >= 0.6 is 0 Å². The second-order valence-electron chi connectivity index (χ2n) is 7.48. The molecule has 0 saturated carbocycles. The van der Waals surface area contributed by atoms with Gasteiger partial charge in [-0.2, -0.15) is 0 Å². The average molecular weight is 386 g/mol. The maximum Gasteiger partial charge on any atom is 0.226 e. The van der Waals surface area contributed by atoms with Gasteiger partial charge >= 0.3 is 0 Å². The second kappa shape index (κ2) is 6.97. The van der Waals surface area contributed by atoms with E-state index in [4.69, 9.17) is 14.7 Å². The normalized spacial score (nSPS) is 18.3. The zero-order valence-electron chi connectivity index (χ0n) is 16.6. The molecule has 0 N–H and O–H groups in total. The summed E-state index contributed by atoms with van der Waals surface area (Å²) in [5.41, 5.74) is 5.53. The number of fused-ring (bicyclic) bond motifs is 3. The topological polar surface area (TPSA) is 57.5 Å². The third kappa shape index (κ3) is 2.87. The second-order valence-corrected chi connectivity index (χ2v) is 7.48. The van der Waals surface area contributed by atoms with Gasteiger partial charge in [0, 0.05) is 49.6 Å². The summed E-state index contributed by atoms with van der Waals surface area (Å²) in [5.74, 6) is 0.611. The molecule has 0 amide bonds. The third-order valence-electron chi connectivity index (χ3n) is 5.46. The van der Waals surface area contributed by atoms with E-state index in [9.17, 15) is 4.79 Å². The Labute approximate surface area is 169 Å². The first-order chi connectivity index (χ1) is 14.1. The Morgan fingerprint density at radius 2 is 1.55 bits per heavy atom. The first-order valence-corrected chi connectivity index (χ1v) is 9.80. The van der Waals surface area contributed by atoms with Crippen molar-refractivity contribution in [1.29, 1.82) is 0 Å². The average Bonchev–Trinajstić information content (AvgIpc) is 3.21. The number of ketones is 1. The van der Waals surface area contributed by atoms with Crippen molar-refractivity contribution >= 4 is 28.7 Å². The van der Waals surface area contributed by atoms with E-state index >= 15 is 0 Å². The molecule has 1 saturated heterocycles. The van der Waals surface area contributed by atoms with Crippen molar-refractivity contribution in [2.24, 2.45) is 9.98 Å². The number of morpholine rings is 1. The lowest BCUT2D eigenvalue weighted by atomic mass is 9.83. The molecular weight excluding hydrogens is 364 g/mol. The van der Waals surface area contributed by atoms with E-state index in [1.165, 1.54) is 0 Å². The Kier molecular flexibility index (Phi) is 4.28. The van der Waals surface area contributed by atoms with Crippen molar-refractivity contribution in [3.8, 4) is 0 Å². The lowest BCUT2D eigenvalue weighted by Gasteiger charge is -2.31. The predicted molar refractivity (Wildman–Crippen MR) is 115 cm³/mol. The zero-order chi connectivity index (χ0) is 20.0. The number of Topliss-reactive ketones (excluding diaryl/α,β-unsaturated/α-hetero) is 1. The Morgan fingerprint density at radius 1 is 0.897 bits per heavy atom. The molecule has 2 aliphatic heterocycles. The first kappa shape index (κ1) is 17.8. The number of hydrogen-bond acceptors (Lipinski definition) is 6. The van der Waals surface area contributed by atoms with Crippen LogP contribution in [0.4, 0.5) is 5.69 Å². The van der Waals surface area contributed by atoms with Gasteiger partial charge in [-0.05, 0) is 6.07 Å². The van der Waals surface area contributed by atoms with Crippen LogP contribution in [0.3, 0.4) is 0 Å². The summed E-state index contributed by atoms with van der Waals surface area (Å²) in [7, 11) is 3.83. The number of carbonyl (C=O) groups excluding carboxylic acids is 1. The molecule has 0 radical (unpaired) electrons. The minimum absolute atomic E-state index is 0.000912. The standard InChI is InChI=1S/C23H22N4O2/c1-26(2)23-24-20-15-7-3-4-8-16(15)22(28)19(21(20)25-23)17-9-5-6-10-18(17)27-11-13-29-14-12-27/h3-10H,11-14H2,1-2H3. The molecule has 0 atom stereocenters. The zero-order valence-corrected chi connectivity index (χ0v) is 16.6. The van der Waals surface area contributed by atoms with E-state index in [0.29, 0.717) is 36.0 Å². The van der Waals surface area contributed by atoms with Gasteiger partial charge in [-0.25, -0.2) is 9.98 Å². The van der Waals surface area contributed by atoms with Crippen LogP contribution in [0.15, 0.2) is 64.2 Å². The molecule has 1 aliphatic carbocycles. The van der Waals surface area contributed by atoms with Crippen molar-refractivity contribution in [3.63, 3.8) is 0 Å². The Bertz CT molecular complexity index is 1090. The van der Waals surface area contributed by atoms with Crippen LogP contribution in [-0.4, -0.2) is 62.8 Å². The summed E-state index contributed by atoms with van der Waals surface area (Å²) >= 11 is 0. The van der Waals surface area contributed by atoms with E-state index in [1.807, 2.05) is 61.5 Å². The molecule has 3 aliphatic rings. The van der Waals surface area contributed by atoms with Crippen molar-refractivity contribution in [2.45, 2.75) is 0 Å². The number of guanidine groups is 1. The van der Waals surface area contributed by atoms with Crippen LogP contribution in [0.2, 0.25) is 0 Å². The van der Waals surface area contributed by atoms with Crippen LogP contribution in [0.5, 0.6) is 0 Å². The molecule has 146 valence electrons. The molecule has 29 heavy (non-hydrogen) atoms. The number of aliphatic imine (C=N–C) groups is 2. The van der Waals surface area contributed by atoms with Gasteiger partial charge in [0.15, 0.2) is 5.78 Å². The smallest absolute Gasteiger partial charge is 0.226 e. The Hall–Kier alpha value is -3.25. The van der Waals surface area contributed by atoms with Crippen molar-refractivity contribution in [3.05, 3.63) is 70.9 Å². The number of nitrogens with zero attached hydrogens (tertiary/aromatic N) is 4. The number of hydrogen-bond donors (Lipinski definition) is 0. The van der Waals surface area contributed by atoms with Crippen LogP contribution in [0.1, 0.15) is 21.5 Å². The lowest BCUT2D eigenvalue weighted by molar-refractivity contribution is 0.105. The summed E-state index contributed by atoms with van der Waals surface area (Å²) in [6.45, 7) is 2.98. The molecule has 2 aromatic carbocycles. The van der Waals surface area contributed by atoms with E-state index in [2.05, 4.69) is 11.0 Å². The van der Waals surface area contributed by atoms with Crippen LogP contribution < -0.4 is 4.90 Å². The van der Waals surface area contributed by atoms with Gasteiger partial charge in [-0.15, -0.1) is 0 Å². The largest absolute Gasteiger partial charge is 0.378 e. The number of anilines is 1. The van der Waals surface area contributed by atoms with Gasteiger partial charge in [-0.1, -0.05) is 42.5 Å². The van der Waals surface area contributed by atoms with E-state index in [1.54, 1.807) is 0 Å². The minimum Gasteiger partial charge on any atom is -0.378 e. The van der Waals surface area contributed by atoms with Gasteiger partial charge in [0.05, 0.1) is 18.8 Å². The number of allylic oxidation sites excluding steroid dienone is 2. The Balaban J connectivity index is 1.74. The van der Waals surface area contributed by atoms with E-state index in [0.717, 1.165) is 35.6 Å². The summed E-state index contributed by atoms with van der Waals surface area (Å²) in [5, 5.41) is 0. The maximum absolute atomic E-state index is 13.6. The van der Waals surface area contributed by atoms with Gasteiger partial charge in [0.25, 0.3) is 0 Å². The van der Waals surface area contributed by atoms with Crippen molar-refractivity contribution < 1.29 is 9.53 Å². The highest BCUT2D eigenvalue weighted by Gasteiger charge is 2.36.